The van der Waals surface area contributed by atoms with Gasteiger partial charge < -0.3 is 0 Å². The second-order valence-corrected chi connectivity index (χ2v) is 5.64. The third kappa shape index (κ3) is 7.41. The van der Waals surface area contributed by atoms with Crippen LogP contribution in [0.4, 0.5) is 0 Å². The van der Waals surface area contributed by atoms with Crippen molar-refractivity contribution in [2.45, 2.75) is 78.1 Å². The van der Waals surface area contributed by atoms with Crippen LogP contribution in [0, 0.1) is 5.92 Å². The summed E-state index contributed by atoms with van der Waals surface area (Å²) in [6.07, 6.45) is 21.1. The van der Waals surface area contributed by atoms with E-state index < -0.39 is 0 Å². The lowest BCUT2D eigenvalue weighted by Crippen LogP contribution is -2.05. The van der Waals surface area contributed by atoms with Crippen molar-refractivity contribution in [1.82, 2.24) is 0 Å². The lowest BCUT2D eigenvalue weighted by atomic mass is 9.85. The summed E-state index contributed by atoms with van der Waals surface area (Å²) in [5, 5.41) is 0. The molecule has 0 heterocycles. The molecule has 1 fully saturated rings. The molecule has 0 radical (unpaired) electrons. The molecular formula is C17H30. The van der Waals surface area contributed by atoms with E-state index in [0.717, 1.165) is 5.92 Å². The molecule has 0 aromatic rings. The van der Waals surface area contributed by atoms with Gasteiger partial charge in [-0.05, 0) is 32.6 Å². The summed E-state index contributed by atoms with van der Waals surface area (Å²) in [4.78, 5) is 0. The quantitative estimate of drug-likeness (QED) is 0.372. The van der Waals surface area contributed by atoms with E-state index in [2.05, 4.69) is 32.1 Å². The number of unbranched alkanes of at least 4 members (excludes halogenated alkanes) is 2. The van der Waals surface area contributed by atoms with Crippen molar-refractivity contribution in [3.05, 3.63) is 23.8 Å². The van der Waals surface area contributed by atoms with Crippen molar-refractivity contribution in [2.24, 2.45) is 5.92 Å². The molecule has 1 aliphatic carbocycles. The first-order valence-electron chi connectivity index (χ1n) is 7.61. The molecule has 0 aliphatic heterocycles. The zero-order valence-electron chi connectivity index (χ0n) is 11.9. The Morgan fingerprint density at radius 3 is 2.53 bits per heavy atom. The molecule has 0 aromatic carbocycles. The zero-order valence-corrected chi connectivity index (χ0v) is 11.9. The van der Waals surface area contributed by atoms with Gasteiger partial charge in [-0.15, -0.1) is 0 Å². The fourth-order valence-electron chi connectivity index (χ4n) is 2.83. The van der Waals surface area contributed by atoms with Crippen LogP contribution in [0.5, 0.6) is 0 Å². The minimum atomic E-state index is 1.07. The van der Waals surface area contributed by atoms with E-state index >= 15 is 0 Å². The molecule has 0 saturated heterocycles. The minimum absolute atomic E-state index is 1.07. The lowest BCUT2D eigenvalue weighted by molar-refractivity contribution is 0.328. The Kier molecular flexibility index (Phi) is 8.13. The lowest BCUT2D eigenvalue weighted by Gasteiger charge is -2.21. The predicted molar refractivity (Wildman–Crippen MR) is 78.2 cm³/mol. The first-order valence-corrected chi connectivity index (χ1v) is 7.61. The maximum absolute atomic E-state index is 2.25. The zero-order chi connectivity index (χ0) is 12.3. The smallest absolute Gasteiger partial charge is 0.0320 e. The second kappa shape index (κ2) is 9.50. The van der Waals surface area contributed by atoms with E-state index in [1.54, 1.807) is 0 Å². The first-order chi connectivity index (χ1) is 8.33. The molecule has 0 N–H and O–H groups in total. The van der Waals surface area contributed by atoms with Gasteiger partial charge >= 0.3 is 0 Å². The number of hydrogen-bond donors (Lipinski definition) is 0. The molecule has 0 spiro atoms. The van der Waals surface area contributed by atoms with Crippen LogP contribution in [-0.2, 0) is 0 Å². The largest absolute Gasteiger partial charge is 0.0877 e. The van der Waals surface area contributed by atoms with Crippen molar-refractivity contribution in [2.75, 3.05) is 0 Å². The van der Waals surface area contributed by atoms with Gasteiger partial charge in [0, 0.05) is 0 Å². The van der Waals surface area contributed by atoms with Crippen molar-refractivity contribution in [3.63, 3.8) is 0 Å². The third-order valence-electron chi connectivity index (χ3n) is 3.98. The van der Waals surface area contributed by atoms with Gasteiger partial charge in [0.2, 0.25) is 0 Å². The second-order valence-electron chi connectivity index (χ2n) is 5.64. The average molecular weight is 234 g/mol. The van der Waals surface area contributed by atoms with E-state index in [4.69, 9.17) is 0 Å². The van der Waals surface area contributed by atoms with Gasteiger partial charge in [-0.25, -0.2) is 0 Å². The van der Waals surface area contributed by atoms with Crippen LogP contribution < -0.4 is 0 Å². The van der Waals surface area contributed by atoms with E-state index in [-0.39, 0.29) is 0 Å². The van der Waals surface area contributed by atoms with Gasteiger partial charge in [-0.2, -0.15) is 0 Å². The molecule has 98 valence electrons. The summed E-state index contributed by atoms with van der Waals surface area (Å²) in [6, 6.07) is 0. The fraction of sp³-hybridized carbons (Fsp3) is 0.765. The maximum Gasteiger partial charge on any atom is -0.0320 e. The number of allylic oxidation sites excluding steroid dienone is 4. The molecule has 0 unspecified atom stereocenters. The van der Waals surface area contributed by atoms with Gasteiger partial charge in [0.1, 0.15) is 0 Å². The molecule has 0 aromatic heterocycles. The minimum Gasteiger partial charge on any atom is -0.0877 e. The Morgan fingerprint density at radius 2 is 1.82 bits per heavy atom. The molecule has 1 saturated carbocycles. The molecule has 0 heteroatoms. The Balaban J connectivity index is 1.96. The molecule has 0 amide bonds. The van der Waals surface area contributed by atoms with Crippen LogP contribution >= 0.6 is 0 Å². The SMILES string of the molecule is C/C=C\C=C(/C)CCCCCC1CCCCC1. The van der Waals surface area contributed by atoms with Crippen LogP contribution in [0.1, 0.15) is 78.1 Å². The van der Waals surface area contributed by atoms with Crippen LogP contribution in [0.25, 0.3) is 0 Å². The van der Waals surface area contributed by atoms with E-state index in [0.29, 0.717) is 0 Å². The Morgan fingerprint density at radius 1 is 1.06 bits per heavy atom. The van der Waals surface area contributed by atoms with E-state index in [9.17, 15) is 0 Å². The van der Waals surface area contributed by atoms with Gasteiger partial charge in [0.25, 0.3) is 0 Å². The van der Waals surface area contributed by atoms with Crippen LogP contribution in [-0.4, -0.2) is 0 Å². The summed E-state index contributed by atoms with van der Waals surface area (Å²) in [5.41, 5.74) is 1.53. The summed E-state index contributed by atoms with van der Waals surface area (Å²) in [7, 11) is 0. The molecule has 0 nitrogen and oxygen atoms in total. The van der Waals surface area contributed by atoms with Gasteiger partial charge in [0.05, 0.1) is 0 Å². The highest BCUT2D eigenvalue weighted by Gasteiger charge is 2.12. The fourth-order valence-corrected chi connectivity index (χ4v) is 2.83. The number of hydrogen-bond acceptors (Lipinski definition) is 0. The Labute approximate surface area is 108 Å². The summed E-state index contributed by atoms with van der Waals surface area (Å²) in [5.74, 6) is 1.07. The van der Waals surface area contributed by atoms with E-state index in [1.807, 2.05) is 0 Å². The maximum atomic E-state index is 2.25. The third-order valence-corrected chi connectivity index (χ3v) is 3.98. The molecule has 0 bridgehead atoms. The monoisotopic (exact) mass is 234 g/mol. The van der Waals surface area contributed by atoms with Gasteiger partial charge in [-0.3, -0.25) is 0 Å². The molecule has 1 rings (SSSR count). The van der Waals surface area contributed by atoms with Crippen molar-refractivity contribution in [3.8, 4) is 0 Å². The van der Waals surface area contributed by atoms with Crippen molar-refractivity contribution in [1.29, 1.82) is 0 Å². The highest BCUT2D eigenvalue weighted by atomic mass is 14.2. The summed E-state index contributed by atoms with van der Waals surface area (Å²) in [6.45, 7) is 4.33. The van der Waals surface area contributed by atoms with Crippen molar-refractivity contribution < 1.29 is 0 Å². The highest BCUT2D eigenvalue weighted by Crippen LogP contribution is 2.28. The van der Waals surface area contributed by atoms with Crippen LogP contribution in [0.15, 0.2) is 23.8 Å². The topological polar surface area (TPSA) is 0 Å². The van der Waals surface area contributed by atoms with Gasteiger partial charge in [0.15, 0.2) is 0 Å². The van der Waals surface area contributed by atoms with Crippen LogP contribution in [0.3, 0.4) is 0 Å². The number of rotatable bonds is 7. The first kappa shape index (κ1) is 14.5. The molecule has 0 atom stereocenters. The molecular weight excluding hydrogens is 204 g/mol. The predicted octanol–water partition coefficient (Wildman–Crippen LogP) is 6.04. The normalized spacial score (nSPS) is 19.1. The summed E-state index contributed by atoms with van der Waals surface area (Å²) < 4.78 is 0. The summed E-state index contributed by atoms with van der Waals surface area (Å²) >= 11 is 0. The highest BCUT2D eigenvalue weighted by molar-refractivity contribution is 5.09. The standard InChI is InChI=1S/C17H30/c1-3-4-11-16(2)12-7-5-8-13-17-14-9-6-10-15-17/h3-4,11,17H,5-10,12-15H2,1-2H3/b4-3-,16-11+. The van der Waals surface area contributed by atoms with Crippen LogP contribution in [0.2, 0.25) is 0 Å². The van der Waals surface area contributed by atoms with Crippen molar-refractivity contribution >= 4 is 0 Å². The Hall–Kier alpha value is -0.520. The Bertz CT molecular complexity index is 228. The molecule has 1 aliphatic rings. The van der Waals surface area contributed by atoms with Gasteiger partial charge in [-0.1, -0.05) is 75.2 Å². The van der Waals surface area contributed by atoms with E-state index in [1.165, 1.54) is 69.8 Å². The average Bonchev–Trinajstić information content (AvgIpc) is 2.37. The molecule has 17 heavy (non-hydrogen) atoms.